The van der Waals surface area contributed by atoms with Crippen molar-refractivity contribution in [3.63, 3.8) is 0 Å². The second-order valence-electron chi connectivity index (χ2n) is 9.98. The molecule has 5 nitrogen and oxygen atoms in total. The van der Waals surface area contributed by atoms with E-state index in [9.17, 15) is 14.4 Å². The Kier molecular flexibility index (Phi) is 4.03. The molecule has 1 aliphatic heterocycles. The molecule has 3 fully saturated rings. The molecule has 0 spiro atoms. The van der Waals surface area contributed by atoms with Gasteiger partial charge in [-0.1, -0.05) is 45.1 Å². The molecule has 6 rings (SSSR count). The molecule has 0 aromatic heterocycles. The SMILES string of the molecule is CC(C)(C)c1ccc(OC(=O)CCN2C(=O)C3C4C=CC(C5CC45)C3C2=O)cc1. The van der Waals surface area contributed by atoms with E-state index in [1.165, 1.54) is 4.90 Å². The van der Waals surface area contributed by atoms with Crippen LogP contribution in [0.3, 0.4) is 0 Å². The van der Waals surface area contributed by atoms with E-state index in [0.717, 1.165) is 12.0 Å². The van der Waals surface area contributed by atoms with Gasteiger partial charge < -0.3 is 4.74 Å². The number of hydrogen-bond acceptors (Lipinski definition) is 4. The minimum Gasteiger partial charge on any atom is -0.426 e. The first-order chi connectivity index (χ1) is 13.8. The minimum atomic E-state index is -0.423. The van der Waals surface area contributed by atoms with Gasteiger partial charge in [0.2, 0.25) is 11.8 Å². The number of ether oxygens (including phenoxy) is 1. The van der Waals surface area contributed by atoms with Gasteiger partial charge in [0, 0.05) is 6.54 Å². The smallest absolute Gasteiger partial charge is 0.312 e. The van der Waals surface area contributed by atoms with Crippen LogP contribution in [0.25, 0.3) is 0 Å². The second kappa shape index (κ2) is 6.28. The van der Waals surface area contributed by atoms with Gasteiger partial charge in [-0.05, 0) is 53.2 Å². The quantitative estimate of drug-likeness (QED) is 0.341. The second-order valence-corrected chi connectivity index (χ2v) is 9.98. The van der Waals surface area contributed by atoms with E-state index in [4.69, 9.17) is 4.74 Å². The van der Waals surface area contributed by atoms with Crippen LogP contribution in [0.2, 0.25) is 0 Å². The normalized spacial score (nSPS) is 34.2. The van der Waals surface area contributed by atoms with Gasteiger partial charge in [0.1, 0.15) is 5.75 Å². The zero-order valence-corrected chi connectivity index (χ0v) is 17.1. The fourth-order valence-corrected chi connectivity index (χ4v) is 5.65. The number of allylic oxidation sites excluding steroid dienone is 2. The molecule has 5 aliphatic rings. The van der Waals surface area contributed by atoms with Crippen LogP contribution in [0.1, 0.15) is 39.2 Å². The minimum absolute atomic E-state index is 0.0214. The van der Waals surface area contributed by atoms with Crippen molar-refractivity contribution in [2.75, 3.05) is 6.54 Å². The summed E-state index contributed by atoms with van der Waals surface area (Å²) in [5.41, 5.74) is 1.19. The third-order valence-electron chi connectivity index (χ3n) is 7.25. The van der Waals surface area contributed by atoms with Gasteiger partial charge in [-0.15, -0.1) is 0 Å². The molecule has 1 aromatic rings. The molecule has 2 saturated carbocycles. The number of rotatable bonds is 4. The van der Waals surface area contributed by atoms with E-state index in [-0.39, 0.29) is 53.9 Å². The molecule has 5 heteroatoms. The van der Waals surface area contributed by atoms with Gasteiger partial charge in [-0.25, -0.2) is 0 Å². The van der Waals surface area contributed by atoms with Gasteiger partial charge in [0.05, 0.1) is 18.3 Å². The summed E-state index contributed by atoms with van der Waals surface area (Å²) in [6, 6.07) is 7.48. The Hall–Kier alpha value is -2.43. The number of carbonyl (C=O) groups is 3. The summed E-state index contributed by atoms with van der Waals surface area (Å²) in [5.74, 6) is 1.07. The molecule has 4 aliphatic carbocycles. The van der Waals surface area contributed by atoms with Crippen LogP contribution in [-0.4, -0.2) is 29.2 Å². The molecule has 6 unspecified atom stereocenters. The van der Waals surface area contributed by atoms with Gasteiger partial charge >= 0.3 is 5.97 Å². The summed E-state index contributed by atoms with van der Waals surface area (Å²) in [5, 5.41) is 0. The summed E-state index contributed by atoms with van der Waals surface area (Å²) in [4.78, 5) is 39.5. The fraction of sp³-hybridized carbons (Fsp3) is 0.542. The van der Waals surface area contributed by atoms with Crippen molar-refractivity contribution in [2.45, 2.75) is 39.0 Å². The van der Waals surface area contributed by atoms with Crippen molar-refractivity contribution in [3.8, 4) is 5.75 Å². The number of amides is 2. The van der Waals surface area contributed by atoms with Crippen LogP contribution in [0, 0.1) is 35.5 Å². The third-order valence-corrected chi connectivity index (χ3v) is 7.25. The highest BCUT2D eigenvalue weighted by Crippen LogP contribution is 2.65. The standard InChI is InChI=1S/C24H27NO4/c1-24(2,3)13-4-6-14(7-5-13)29-19(26)10-11-25-22(27)20-15-8-9-16(18-12-17(15)18)21(20)23(25)28/h4-9,15-18,20-21H,10-12H2,1-3H3. The van der Waals surface area contributed by atoms with E-state index < -0.39 is 5.97 Å². The van der Waals surface area contributed by atoms with Crippen LogP contribution in [0.4, 0.5) is 0 Å². The maximum atomic E-state index is 12.9. The third kappa shape index (κ3) is 2.93. The highest BCUT2D eigenvalue weighted by molar-refractivity contribution is 6.06. The molecular formula is C24H27NO4. The van der Waals surface area contributed by atoms with Crippen LogP contribution in [-0.2, 0) is 19.8 Å². The molecule has 0 radical (unpaired) electrons. The summed E-state index contributed by atoms with van der Waals surface area (Å²) in [6.45, 7) is 6.49. The van der Waals surface area contributed by atoms with Gasteiger partial charge in [0.15, 0.2) is 0 Å². The van der Waals surface area contributed by atoms with Crippen molar-refractivity contribution >= 4 is 17.8 Å². The lowest BCUT2D eigenvalue weighted by Gasteiger charge is -2.37. The maximum Gasteiger partial charge on any atom is 0.312 e. The Bertz CT molecular complexity index is 874. The molecule has 6 atom stereocenters. The molecule has 2 bridgehead atoms. The number of nitrogens with zero attached hydrogens (tertiary/aromatic N) is 1. The predicted molar refractivity (Wildman–Crippen MR) is 107 cm³/mol. The summed E-state index contributed by atoms with van der Waals surface area (Å²) in [6.07, 6.45) is 5.48. The van der Waals surface area contributed by atoms with E-state index in [1.54, 1.807) is 12.1 Å². The number of hydrogen-bond donors (Lipinski definition) is 0. The Balaban J connectivity index is 1.20. The zero-order valence-electron chi connectivity index (χ0n) is 17.1. The predicted octanol–water partition coefficient (Wildman–Crippen LogP) is 3.33. The lowest BCUT2D eigenvalue weighted by atomic mass is 9.63. The monoisotopic (exact) mass is 393 g/mol. The first kappa shape index (κ1) is 18.6. The fourth-order valence-electron chi connectivity index (χ4n) is 5.65. The topological polar surface area (TPSA) is 63.7 Å². The highest BCUT2D eigenvalue weighted by atomic mass is 16.5. The molecule has 0 N–H and O–H groups in total. The van der Waals surface area contributed by atoms with Gasteiger partial charge in [-0.2, -0.15) is 0 Å². The van der Waals surface area contributed by atoms with Crippen molar-refractivity contribution in [1.29, 1.82) is 0 Å². The van der Waals surface area contributed by atoms with E-state index >= 15 is 0 Å². The first-order valence-corrected chi connectivity index (χ1v) is 10.6. The van der Waals surface area contributed by atoms with Crippen molar-refractivity contribution < 1.29 is 19.1 Å². The Labute approximate surface area is 171 Å². The van der Waals surface area contributed by atoms with Gasteiger partial charge in [0.25, 0.3) is 0 Å². The van der Waals surface area contributed by atoms with E-state index in [0.29, 0.717) is 17.6 Å². The maximum absolute atomic E-state index is 12.9. The van der Waals surface area contributed by atoms with Crippen LogP contribution >= 0.6 is 0 Å². The first-order valence-electron chi connectivity index (χ1n) is 10.6. The zero-order chi connectivity index (χ0) is 20.5. The van der Waals surface area contributed by atoms with Crippen molar-refractivity contribution in [1.82, 2.24) is 4.90 Å². The average molecular weight is 393 g/mol. The van der Waals surface area contributed by atoms with E-state index in [2.05, 4.69) is 32.9 Å². The molecule has 2 amide bonds. The number of carbonyl (C=O) groups excluding carboxylic acids is 3. The number of imide groups is 1. The summed E-state index contributed by atoms with van der Waals surface area (Å²) < 4.78 is 5.41. The van der Waals surface area contributed by atoms with Crippen molar-refractivity contribution in [3.05, 3.63) is 42.0 Å². The highest BCUT2D eigenvalue weighted by Gasteiger charge is 2.66. The Morgan fingerprint density at radius 2 is 1.55 bits per heavy atom. The Morgan fingerprint density at radius 1 is 1.00 bits per heavy atom. The average Bonchev–Trinajstić information content (AvgIpc) is 3.45. The Morgan fingerprint density at radius 3 is 2.07 bits per heavy atom. The van der Waals surface area contributed by atoms with Gasteiger partial charge in [-0.3, -0.25) is 19.3 Å². The lowest BCUT2D eigenvalue weighted by Crippen LogP contribution is -2.40. The van der Waals surface area contributed by atoms with Crippen LogP contribution in [0.15, 0.2) is 36.4 Å². The molecule has 29 heavy (non-hydrogen) atoms. The van der Waals surface area contributed by atoms with E-state index in [1.807, 2.05) is 12.1 Å². The summed E-state index contributed by atoms with van der Waals surface area (Å²) in [7, 11) is 0. The largest absolute Gasteiger partial charge is 0.426 e. The molecule has 152 valence electrons. The molecule has 1 aromatic carbocycles. The number of benzene rings is 1. The number of esters is 1. The summed E-state index contributed by atoms with van der Waals surface area (Å²) >= 11 is 0. The lowest BCUT2D eigenvalue weighted by molar-refractivity contribution is -0.141. The van der Waals surface area contributed by atoms with Crippen LogP contribution < -0.4 is 4.74 Å². The number of likely N-dealkylation sites (tertiary alicyclic amines) is 1. The van der Waals surface area contributed by atoms with Crippen LogP contribution in [0.5, 0.6) is 5.75 Å². The van der Waals surface area contributed by atoms with Crippen molar-refractivity contribution in [2.24, 2.45) is 35.5 Å². The molecule has 1 saturated heterocycles. The molecular weight excluding hydrogens is 366 g/mol. The molecule has 1 heterocycles.